The van der Waals surface area contributed by atoms with Gasteiger partial charge in [-0.2, -0.15) is 17.5 Å². The molecule has 2 aromatic carbocycles. The van der Waals surface area contributed by atoms with Crippen LogP contribution in [0.15, 0.2) is 6.07 Å². The molecule has 4 aromatic rings. The summed E-state index contributed by atoms with van der Waals surface area (Å²) in [6, 6.07) is 1.08. The third kappa shape index (κ3) is 1.61. The van der Waals surface area contributed by atoms with Gasteiger partial charge in [-0.25, -0.2) is 8.78 Å². The van der Waals surface area contributed by atoms with Gasteiger partial charge in [-0.3, -0.25) is 8.63 Å². The monoisotopic (exact) mass is 328 g/mol. The third-order valence-electron chi connectivity index (χ3n) is 3.16. The minimum Gasteiger partial charge on any atom is -0.281 e. The molecular formula is C10HBF4N4S2. The average Bonchev–Trinajstić information content (AvgIpc) is 3.05. The van der Waals surface area contributed by atoms with Crippen molar-refractivity contribution in [3.63, 3.8) is 0 Å². The number of benzene rings is 2. The molecule has 0 aliphatic carbocycles. The maximum atomic E-state index is 14.5. The standard InChI is InChI=1S/C10HBF4N4S2/c12-2-1-3-8(17-20-16-3)5-4(2)9-10(19-21-18-9)6(7(5)13)11(14)15/h1H. The Balaban J connectivity index is 2.40. The summed E-state index contributed by atoms with van der Waals surface area (Å²) in [6.45, 7) is 0. The van der Waals surface area contributed by atoms with Crippen molar-refractivity contribution in [2.24, 2.45) is 0 Å². The van der Waals surface area contributed by atoms with Gasteiger partial charge >= 0.3 is 7.27 Å². The van der Waals surface area contributed by atoms with Crippen molar-refractivity contribution >= 4 is 69.0 Å². The molecule has 0 N–H and O–H groups in total. The second-order valence-corrected chi connectivity index (χ2v) is 5.29. The summed E-state index contributed by atoms with van der Waals surface area (Å²) < 4.78 is 70.3. The van der Waals surface area contributed by atoms with Gasteiger partial charge in [0.25, 0.3) is 0 Å². The van der Waals surface area contributed by atoms with E-state index >= 15 is 0 Å². The van der Waals surface area contributed by atoms with Gasteiger partial charge in [0.2, 0.25) is 0 Å². The molecule has 0 spiro atoms. The molecule has 4 rings (SSSR count). The summed E-state index contributed by atoms with van der Waals surface area (Å²) in [5, 5.41) is -0.518. The molecule has 0 saturated heterocycles. The first-order chi connectivity index (χ1) is 10.1. The highest BCUT2D eigenvalue weighted by atomic mass is 32.1. The number of hydrogen-bond donors (Lipinski definition) is 0. The third-order valence-corrected chi connectivity index (χ3v) is 4.23. The van der Waals surface area contributed by atoms with Gasteiger partial charge in [0.05, 0.1) is 39.7 Å². The zero-order valence-electron chi connectivity index (χ0n) is 9.77. The molecule has 0 radical (unpaired) electrons. The fraction of sp³-hybridized carbons (Fsp3) is 0. The Morgan fingerprint density at radius 1 is 0.857 bits per heavy atom. The molecule has 0 fully saturated rings. The van der Waals surface area contributed by atoms with E-state index < -0.39 is 24.4 Å². The molecule has 2 heterocycles. The molecule has 11 heteroatoms. The fourth-order valence-corrected chi connectivity index (χ4v) is 3.41. The lowest BCUT2D eigenvalue weighted by atomic mass is 9.82. The quantitative estimate of drug-likeness (QED) is 0.398. The Labute approximate surface area is 122 Å². The van der Waals surface area contributed by atoms with Crippen molar-refractivity contribution in [3.8, 4) is 0 Å². The Morgan fingerprint density at radius 3 is 2.29 bits per heavy atom. The molecule has 21 heavy (non-hydrogen) atoms. The minimum atomic E-state index is -3.09. The highest BCUT2D eigenvalue weighted by Gasteiger charge is 2.31. The zero-order valence-corrected chi connectivity index (χ0v) is 11.4. The number of aromatic nitrogens is 4. The highest BCUT2D eigenvalue weighted by Crippen LogP contribution is 2.33. The van der Waals surface area contributed by atoms with Crippen molar-refractivity contribution < 1.29 is 17.4 Å². The molecular weight excluding hydrogens is 327 g/mol. The van der Waals surface area contributed by atoms with Crippen LogP contribution in [0.1, 0.15) is 0 Å². The SMILES string of the molecule is FB(F)c1c(F)c2c3nsnc3cc(F)c2c2nsnc12. The van der Waals surface area contributed by atoms with Crippen LogP contribution in [0.3, 0.4) is 0 Å². The van der Waals surface area contributed by atoms with Crippen molar-refractivity contribution in [1.82, 2.24) is 17.5 Å². The summed E-state index contributed by atoms with van der Waals surface area (Å²) in [5.41, 5.74) is -1.12. The van der Waals surface area contributed by atoms with Gasteiger partial charge in [0.1, 0.15) is 33.7 Å². The van der Waals surface area contributed by atoms with Crippen LogP contribution in [0.2, 0.25) is 0 Å². The van der Waals surface area contributed by atoms with E-state index in [1.807, 2.05) is 0 Å². The maximum absolute atomic E-state index is 14.5. The van der Waals surface area contributed by atoms with E-state index in [1.54, 1.807) is 0 Å². The van der Waals surface area contributed by atoms with Gasteiger partial charge in [-0.1, -0.05) is 0 Å². The minimum absolute atomic E-state index is 0.0469. The summed E-state index contributed by atoms with van der Waals surface area (Å²) in [5.74, 6) is -2.01. The second kappa shape index (κ2) is 4.31. The van der Waals surface area contributed by atoms with E-state index in [-0.39, 0.29) is 32.8 Å². The Bertz CT molecular complexity index is 1010. The van der Waals surface area contributed by atoms with Gasteiger partial charge in [0.15, 0.2) is 0 Å². The van der Waals surface area contributed by atoms with Crippen molar-refractivity contribution in [2.45, 2.75) is 0 Å². The van der Waals surface area contributed by atoms with E-state index in [0.29, 0.717) is 11.7 Å². The van der Waals surface area contributed by atoms with E-state index in [4.69, 9.17) is 0 Å². The van der Waals surface area contributed by atoms with Crippen LogP contribution < -0.4 is 5.46 Å². The Hall–Kier alpha value is -1.88. The molecule has 0 saturated carbocycles. The normalized spacial score (nSPS) is 11.8. The first-order valence-corrected chi connectivity index (χ1v) is 7.02. The summed E-state index contributed by atoms with van der Waals surface area (Å²) in [7, 11) is -3.09. The molecule has 0 unspecified atom stereocenters. The number of halogens is 4. The van der Waals surface area contributed by atoms with Crippen LogP contribution in [0.25, 0.3) is 32.8 Å². The molecule has 0 bridgehead atoms. The average molecular weight is 328 g/mol. The molecule has 104 valence electrons. The van der Waals surface area contributed by atoms with Crippen LogP contribution >= 0.6 is 23.5 Å². The first kappa shape index (κ1) is 12.8. The largest absolute Gasteiger partial charge is 0.577 e. The number of rotatable bonds is 1. The van der Waals surface area contributed by atoms with Crippen LogP contribution in [-0.2, 0) is 0 Å². The number of nitrogens with zero attached hydrogens (tertiary/aromatic N) is 4. The molecule has 0 amide bonds. The summed E-state index contributed by atoms with van der Waals surface area (Å²) in [6.07, 6.45) is 0. The zero-order chi connectivity index (χ0) is 14.7. The van der Waals surface area contributed by atoms with Crippen LogP contribution in [0.4, 0.5) is 17.4 Å². The van der Waals surface area contributed by atoms with Gasteiger partial charge in [-0.15, -0.1) is 0 Å². The molecule has 0 atom stereocenters. The highest BCUT2D eigenvalue weighted by molar-refractivity contribution is 7.00. The second-order valence-electron chi connectivity index (χ2n) is 4.23. The van der Waals surface area contributed by atoms with E-state index in [0.717, 1.165) is 17.8 Å². The molecule has 4 nitrogen and oxygen atoms in total. The van der Waals surface area contributed by atoms with Crippen LogP contribution in [0, 0.1) is 11.6 Å². The summed E-state index contributed by atoms with van der Waals surface area (Å²) >= 11 is 1.38. The topological polar surface area (TPSA) is 51.6 Å². The Morgan fingerprint density at radius 2 is 1.52 bits per heavy atom. The summed E-state index contributed by atoms with van der Waals surface area (Å²) in [4.78, 5) is 0. The van der Waals surface area contributed by atoms with E-state index in [2.05, 4.69) is 17.5 Å². The van der Waals surface area contributed by atoms with Crippen molar-refractivity contribution in [3.05, 3.63) is 17.7 Å². The van der Waals surface area contributed by atoms with Crippen LogP contribution in [0.5, 0.6) is 0 Å². The molecule has 0 aliphatic heterocycles. The number of fused-ring (bicyclic) bond motifs is 5. The Kier molecular flexibility index (Phi) is 2.63. The van der Waals surface area contributed by atoms with Gasteiger partial charge in [-0.05, 0) is 0 Å². The predicted molar refractivity (Wildman–Crippen MR) is 73.4 cm³/mol. The lowest BCUT2D eigenvalue weighted by molar-refractivity contribution is 0.627. The fourth-order valence-electron chi connectivity index (χ4n) is 2.31. The van der Waals surface area contributed by atoms with Crippen molar-refractivity contribution in [1.29, 1.82) is 0 Å². The van der Waals surface area contributed by atoms with E-state index in [1.165, 1.54) is 0 Å². The molecule has 2 aromatic heterocycles. The van der Waals surface area contributed by atoms with Gasteiger partial charge in [0, 0.05) is 6.07 Å². The maximum Gasteiger partial charge on any atom is 0.577 e. The lowest BCUT2D eigenvalue weighted by Gasteiger charge is -2.07. The van der Waals surface area contributed by atoms with E-state index in [9.17, 15) is 17.4 Å². The predicted octanol–water partition coefficient (Wildman–Crippen LogP) is 2.76. The number of hydrogen-bond acceptors (Lipinski definition) is 6. The van der Waals surface area contributed by atoms with Crippen LogP contribution in [-0.4, -0.2) is 24.8 Å². The van der Waals surface area contributed by atoms with Crippen molar-refractivity contribution in [2.75, 3.05) is 0 Å². The lowest BCUT2D eigenvalue weighted by Crippen LogP contribution is -2.26. The first-order valence-electron chi connectivity index (χ1n) is 5.56. The molecule has 0 aliphatic rings. The smallest absolute Gasteiger partial charge is 0.281 e. The van der Waals surface area contributed by atoms with Gasteiger partial charge < -0.3 is 0 Å².